The van der Waals surface area contributed by atoms with Crippen LogP contribution in [0.15, 0.2) is 24.3 Å². The zero-order chi connectivity index (χ0) is 22.8. The molecule has 0 aliphatic heterocycles. The van der Waals surface area contributed by atoms with E-state index >= 15 is 0 Å². The second kappa shape index (κ2) is 7.91. The first-order valence-corrected chi connectivity index (χ1v) is 7.82. The summed E-state index contributed by atoms with van der Waals surface area (Å²) in [7, 11) is 0. The van der Waals surface area contributed by atoms with E-state index in [0.29, 0.717) is 0 Å². The number of rotatable bonds is 5. The minimum Gasteiger partial charge on any atom is -0.481 e. The van der Waals surface area contributed by atoms with Gasteiger partial charge in [-0.1, -0.05) is 12.1 Å². The van der Waals surface area contributed by atoms with Gasteiger partial charge in [0.05, 0.1) is 11.1 Å². The number of hydrogen-bond donors (Lipinski definition) is 1. The normalized spacial score (nSPS) is 13.0. The van der Waals surface area contributed by atoms with Gasteiger partial charge in [0.25, 0.3) is 0 Å². The average Bonchev–Trinajstić information content (AvgIpc) is 2.49. The highest BCUT2D eigenvalue weighted by atomic mass is 19.4. The summed E-state index contributed by atoms with van der Waals surface area (Å²) in [5, 5.41) is 8.56. The molecule has 0 aromatic heterocycles. The first kappa shape index (κ1) is 24.2. The number of carboxylic acid groups (broad SMARTS) is 1. The number of hydrogen-bond acceptors (Lipinski definition) is 5. The Bertz CT molecular complexity index is 777. The van der Waals surface area contributed by atoms with Crippen LogP contribution in [0.1, 0.15) is 47.9 Å². The number of halogens is 6. The Hall–Kier alpha value is -2.79. The molecule has 0 radical (unpaired) electrons. The quantitative estimate of drug-likeness (QED) is 0.558. The molecule has 0 unspecified atom stereocenters. The molecule has 12 heteroatoms. The van der Waals surface area contributed by atoms with Crippen LogP contribution in [0.5, 0.6) is 0 Å². The number of alkyl halides is 6. The molecule has 0 amide bonds. The fraction of sp³-hybridized carbons (Fsp3) is 0.471. The van der Waals surface area contributed by atoms with Crippen LogP contribution >= 0.6 is 0 Å². The van der Waals surface area contributed by atoms with Gasteiger partial charge in [-0.05, 0) is 32.9 Å². The van der Waals surface area contributed by atoms with E-state index in [1.807, 2.05) is 0 Å². The number of carbonyl (C=O) groups excluding carboxylic acids is 2. The zero-order valence-electron chi connectivity index (χ0n) is 15.3. The maximum absolute atomic E-state index is 13.2. The molecule has 1 aromatic rings. The Labute approximate surface area is 160 Å². The Morgan fingerprint density at radius 3 is 1.52 bits per heavy atom. The van der Waals surface area contributed by atoms with Crippen LogP contribution in [-0.2, 0) is 14.3 Å². The van der Waals surface area contributed by atoms with Gasteiger partial charge in [-0.3, -0.25) is 4.79 Å². The van der Waals surface area contributed by atoms with Crippen LogP contribution in [0.4, 0.5) is 26.3 Å². The minimum atomic E-state index is -6.31. The standard InChI is InChI=1S/C17H16F6O6/c1-14(2,3)28-12(26)9-6-4-5-7-10(9)13(27)29-15(8-11(24)25,16(18,19)20)17(21,22)23/h4-7H,8H2,1-3H3,(H,24,25). The molecule has 0 saturated heterocycles. The maximum Gasteiger partial charge on any atom is 0.438 e. The van der Waals surface area contributed by atoms with E-state index in [-0.39, 0.29) is 0 Å². The molecule has 0 aliphatic rings. The van der Waals surface area contributed by atoms with E-state index in [9.17, 15) is 40.7 Å². The third kappa shape index (κ3) is 5.61. The highest BCUT2D eigenvalue weighted by molar-refractivity contribution is 6.03. The van der Waals surface area contributed by atoms with E-state index in [0.717, 1.165) is 18.2 Å². The number of aliphatic carboxylic acids is 1. The van der Waals surface area contributed by atoms with Gasteiger partial charge in [0.2, 0.25) is 0 Å². The first-order chi connectivity index (χ1) is 12.9. The lowest BCUT2D eigenvalue weighted by atomic mass is 9.97. The molecule has 6 nitrogen and oxygen atoms in total. The average molecular weight is 430 g/mol. The summed E-state index contributed by atoms with van der Waals surface area (Å²) in [4.78, 5) is 35.0. The highest BCUT2D eigenvalue weighted by Gasteiger charge is 2.75. The van der Waals surface area contributed by atoms with Crippen LogP contribution in [0.2, 0.25) is 0 Å². The lowest BCUT2D eigenvalue weighted by Crippen LogP contribution is -2.60. The summed E-state index contributed by atoms with van der Waals surface area (Å²) in [6.07, 6.45) is -15.2. The Balaban J connectivity index is 3.47. The summed E-state index contributed by atoms with van der Waals surface area (Å²) < 4.78 is 88.1. The monoisotopic (exact) mass is 430 g/mol. The van der Waals surface area contributed by atoms with Gasteiger partial charge in [0.1, 0.15) is 12.0 Å². The molecule has 0 spiro atoms. The number of esters is 2. The molecule has 1 aromatic carbocycles. The summed E-state index contributed by atoms with van der Waals surface area (Å²) in [5.74, 6) is -5.90. The second-order valence-corrected chi connectivity index (χ2v) is 6.83. The SMILES string of the molecule is CC(C)(C)OC(=O)c1ccccc1C(=O)OC(CC(=O)O)(C(F)(F)F)C(F)(F)F. The van der Waals surface area contributed by atoms with Gasteiger partial charge in [-0.2, -0.15) is 26.3 Å². The Kier molecular flexibility index (Phi) is 6.62. The predicted octanol–water partition coefficient (Wildman–Crippen LogP) is 4.14. The van der Waals surface area contributed by atoms with Gasteiger partial charge >= 0.3 is 35.9 Å². The summed E-state index contributed by atoms with van der Waals surface area (Å²) in [6, 6.07) is 3.93. The molecule has 0 heterocycles. The molecular weight excluding hydrogens is 414 g/mol. The van der Waals surface area contributed by atoms with Crippen molar-refractivity contribution in [1.82, 2.24) is 0 Å². The largest absolute Gasteiger partial charge is 0.481 e. The number of carbonyl (C=O) groups is 3. The Morgan fingerprint density at radius 2 is 1.21 bits per heavy atom. The van der Waals surface area contributed by atoms with Crippen molar-refractivity contribution in [3.05, 3.63) is 35.4 Å². The van der Waals surface area contributed by atoms with Crippen molar-refractivity contribution >= 4 is 17.9 Å². The third-order valence-corrected chi connectivity index (χ3v) is 3.35. The van der Waals surface area contributed by atoms with Gasteiger partial charge in [-0.15, -0.1) is 0 Å². The second-order valence-electron chi connectivity index (χ2n) is 6.83. The van der Waals surface area contributed by atoms with Crippen molar-refractivity contribution in [1.29, 1.82) is 0 Å². The third-order valence-electron chi connectivity index (χ3n) is 3.35. The van der Waals surface area contributed by atoms with Crippen molar-refractivity contribution in [2.45, 2.75) is 50.7 Å². The van der Waals surface area contributed by atoms with Crippen LogP contribution in [-0.4, -0.2) is 46.6 Å². The van der Waals surface area contributed by atoms with E-state index in [1.165, 1.54) is 26.8 Å². The molecule has 0 fully saturated rings. The van der Waals surface area contributed by atoms with Crippen molar-refractivity contribution < 1.29 is 55.3 Å². The van der Waals surface area contributed by atoms with Crippen LogP contribution < -0.4 is 0 Å². The smallest absolute Gasteiger partial charge is 0.438 e. The van der Waals surface area contributed by atoms with Gasteiger partial charge in [0, 0.05) is 0 Å². The van der Waals surface area contributed by atoms with Crippen molar-refractivity contribution in [3.8, 4) is 0 Å². The number of benzene rings is 1. The predicted molar refractivity (Wildman–Crippen MR) is 84.1 cm³/mol. The Morgan fingerprint density at radius 1 is 0.828 bits per heavy atom. The topological polar surface area (TPSA) is 89.9 Å². The molecule has 0 atom stereocenters. The molecule has 29 heavy (non-hydrogen) atoms. The lowest BCUT2D eigenvalue weighted by Gasteiger charge is -2.35. The molecule has 0 aliphatic carbocycles. The fourth-order valence-electron chi connectivity index (χ4n) is 2.11. The van der Waals surface area contributed by atoms with Gasteiger partial charge < -0.3 is 14.6 Å². The molecule has 0 bridgehead atoms. The van der Waals surface area contributed by atoms with Crippen LogP contribution in [0, 0.1) is 0 Å². The van der Waals surface area contributed by atoms with Gasteiger partial charge in [-0.25, -0.2) is 9.59 Å². The molecule has 1 rings (SSSR count). The van der Waals surface area contributed by atoms with E-state index < -0.39 is 59.0 Å². The van der Waals surface area contributed by atoms with Crippen LogP contribution in [0.25, 0.3) is 0 Å². The van der Waals surface area contributed by atoms with Crippen LogP contribution in [0.3, 0.4) is 0 Å². The van der Waals surface area contributed by atoms with Gasteiger partial charge in [0.15, 0.2) is 0 Å². The minimum absolute atomic E-state index is 0.652. The summed E-state index contributed by atoms with van der Waals surface area (Å²) >= 11 is 0. The van der Waals surface area contributed by atoms with Crippen molar-refractivity contribution in [3.63, 3.8) is 0 Å². The van der Waals surface area contributed by atoms with Crippen molar-refractivity contribution in [2.24, 2.45) is 0 Å². The van der Waals surface area contributed by atoms with E-state index in [1.54, 1.807) is 0 Å². The number of carboxylic acids is 1. The lowest BCUT2D eigenvalue weighted by molar-refractivity contribution is -0.365. The molecule has 162 valence electrons. The summed E-state index contributed by atoms with van der Waals surface area (Å²) in [5.41, 5.74) is -8.01. The molecular formula is C17H16F6O6. The van der Waals surface area contributed by atoms with E-state index in [2.05, 4.69) is 4.74 Å². The summed E-state index contributed by atoms with van der Waals surface area (Å²) in [6.45, 7) is 4.32. The number of ether oxygens (including phenoxy) is 2. The molecule has 0 saturated carbocycles. The maximum atomic E-state index is 13.2. The zero-order valence-corrected chi connectivity index (χ0v) is 15.3. The van der Waals surface area contributed by atoms with E-state index in [4.69, 9.17) is 9.84 Å². The molecule has 1 N–H and O–H groups in total. The van der Waals surface area contributed by atoms with Crippen molar-refractivity contribution in [2.75, 3.05) is 0 Å². The first-order valence-electron chi connectivity index (χ1n) is 7.82. The fourth-order valence-corrected chi connectivity index (χ4v) is 2.11. The highest BCUT2D eigenvalue weighted by Crippen LogP contribution is 2.48.